The first-order valence-electron chi connectivity index (χ1n) is 9.53. The van der Waals surface area contributed by atoms with E-state index in [1.54, 1.807) is 6.07 Å². The van der Waals surface area contributed by atoms with Crippen LogP contribution in [0.5, 0.6) is 0 Å². The third-order valence-corrected chi connectivity index (χ3v) is 7.25. The van der Waals surface area contributed by atoms with E-state index < -0.39 is 39.9 Å². The highest BCUT2D eigenvalue weighted by Gasteiger charge is 2.35. The first-order valence-corrected chi connectivity index (χ1v) is 12.1. The summed E-state index contributed by atoms with van der Waals surface area (Å²) in [6.45, 7) is -1.11. The Morgan fingerprint density at radius 3 is 2.15 bits per heavy atom. The molecule has 0 heterocycles. The van der Waals surface area contributed by atoms with Gasteiger partial charge >= 0.3 is 6.18 Å². The Morgan fingerprint density at radius 2 is 1.53 bits per heavy atom. The van der Waals surface area contributed by atoms with Crippen molar-refractivity contribution in [3.8, 4) is 0 Å². The topological polar surface area (TPSA) is 66.5 Å². The molecular formula is C22H16Cl3F3N2O3S. The molecule has 5 nitrogen and oxygen atoms in total. The number of halogens is 6. The molecule has 1 N–H and O–H groups in total. The predicted octanol–water partition coefficient (Wildman–Crippen LogP) is 6.50. The lowest BCUT2D eigenvalue weighted by atomic mass is 10.1. The molecule has 34 heavy (non-hydrogen) atoms. The van der Waals surface area contributed by atoms with E-state index in [-0.39, 0.29) is 21.5 Å². The van der Waals surface area contributed by atoms with Crippen LogP contribution in [0.15, 0.2) is 71.6 Å². The third-order valence-electron chi connectivity index (χ3n) is 4.62. The maximum atomic E-state index is 13.4. The average Bonchev–Trinajstić information content (AvgIpc) is 2.76. The fourth-order valence-corrected chi connectivity index (χ4v) is 5.05. The molecule has 0 aliphatic carbocycles. The summed E-state index contributed by atoms with van der Waals surface area (Å²) in [6, 6.07) is 14.6. The lowest BCUT2D eigenvalue weighted by molar-refractivity contribution is -0.137. The first-order chi connectivity index (χ1) is 15.9. The summed E-state index contributed by atoms with van der Waals surface area (Å²) in [4.78, 5) is 12.6. The van der Waals surface area contributed by atoms with Crippen LogP contribution in [0, 0.1) is 0 Å². The molecule has 0 saturated heterocycles. The van der Waals surface area contributed by atoms with E-state index in [1.165, 1.54) is 48.5 Å². The molecule has 0 spiro atoms. The van der Waals surface area contributed by atoms with Gasteiger partial charge in [-0.05, 0) is 48.0 Å². The van der Waals surface area contributed by atoms with Crippen molar-refractivity contribution in [1.82, 2.24) is 4.31 Å². The minimum Gasteiger partial charge on any atom is -0.324 e. The van der Waals surface area contributed by atoms with E-state index in [4.69, 9.17) is 34.8 Å². The number of carbonyl (C=O) groups is 1. The van der Waals surface area contributed by atoms with Crippen LogP contribution in [0.2, 0.25) is 15.1 Å². The van der Waals surface area contributed by atoms with Gasteiger partial charge in [-0.1, -0.05) is 59.1 Å². The quantitative estimate of drug-likeness (QED) is 0.365. The highest BCUT2D eigenvalue weighted by atomic mass is 35.5. The van der Waals surface area contributed by atoms with E-state index in [9.17, 15) is 26.4 Å². The van der Waals surface area contributed by atoms with Gasteiger partial charge in [-0.3, -0.25) is 4.79 Å². The number of benzene rings is 3. The molecule has 0 unspecified atom stereocenters. The minimum absolute atomic E-state index is 0.102. The van der Waals surface area contributed by atoms with Crippen molar-refractivity contribution in [3.63, 3.8) is 0 Å². The van der Waals surface area contributed by atoms with Gasteiger partial charge in [0.1, 0.15) is 0 Å². The number of hydrogen-bond donors (Lipinski definition) is 1. The van der Waals surface area contributed by atoms with Crippen molar-refractivity contribution in [2.24, 2.45) is 0 Å². The van der Waals surface area contributed by atoms with Gasteiger partial charge in [-0.25, -0.2) is 8.42 Å². The normalized spacial score (nSPS) is 12.1. The van der Waals surface area contributed by atoms with Gasteiger partial charge in [-0.2, -0.15) is 17.5 Å². The van der Waals surface area contributed by atoms with Crippen LogP contribution >= 0.6 is 34.8 Å². The van der Waals surface area contributed by atoms with Gasteiger partial charge in [0.05, 0.1) is 22.7 Å². The van der Waals surface area contributed by atoms with Gasteiger partial charge < -0.3 is 5.32 Å². The zero-order chi connectivity index (χ0) is 25.1. The summed E-state index contributed by atoms with van der Waals surface area (Å²) >= 11 is 17.7. The molecule has 0 aromatic heterocycles. The van der Waals surface area contributed by atoms with Gasteiger partial charge in [0.15, 0.2) is 0 Å². The van der Waals surface area contributed by atoms with E-state index in [0.717, 1.165) is 10.4 Å². The summed E-state index contributed by atoms with van der Waals surface area (Å²) in [5, 5.41) is 2.45. The van der Waals surface area contributed by atoms with E-state index in [1.807, 2.05) is 0 Å². The molecule has 3 rings (SSSR count). The molecule has 0 aliphatic rings. The molecule has 180 valence electrons. The maximum Gasteiger partial charge on any atom is 0.418 e. The molecule has 0 atom stereocenters. The average molecular weight is 552 g/mol. The molecule has 0 bridgehead atoms. The van der Waals surface area contributed by atoms with Crippen molar-refractivity contribution < 1.29 is 26.4 Å². The standard InChI is InChI=1S/C22H16Cl3F3N2O3S/c23-15-8-9-20(18(10-15)22(26,27)28)29-21(31)13-30(12-14-6-7-16(24)11-19(14)25)34(32,33)17-4-2-1-3-5-17/h1-11H,12-13H2,(H,29,31). The SMILES string of the molecule is O=C(CN(Cc1ccc(Cl)cc1Cl)S(=O)(=O)c1ccccc1)Nc1ccc(Cl)cc1C(F)(F)F. The molecule has 3 aromatic rings. The number of sulfonamides is 1. The number of hydrogen-bond acceptors (Lipinski definition) is 3. The summed E-state index contributed by atoms with van der Waals surface area (Å²) in [7, 11) is -4.22. The van der Waals surface area contributed by atoms with Crippen LogP contribution < -0.4 is 5.32 Å². The highest BCUT2D eigenvalue weighted by molar-refractivity contribution is 7.89. The Balaban J connectivity index is 1.94. The first kappa shape index (κ1) is 26.3. The molecule has 0 saturated carbocycles. The van der Waals surface area contributed by atoms with Crippen LogP contribution in [0.1, 0.15) is 11.1 Å². The Bertz CT molecular complexity index is 1300. The second-order valence-corrected chi connectivity index (χ2v) is 10.3. The Kier molecular flexibility index (Phi) is 8.15. The molecule has 3 aromatic carbocycles. The molecule has 0 radical (unpaired) electrons. The summed E-state index contributed by atoms with van der Waals surface area (Å²) in [5.74, 6) is -0.989. The second-order valence-electron chi connectivity index (χ2n) is 7.06. The number of anilines is 1. The monoisotopic (exact) mass is 550 g/mol. The number of nitrogens with one attached hydrogen (secondary N) is 1. The number of nitrogens with zero attached hydrogens (tertiary/aromatic N) is 1. The van der Waals surface area contributed by atoms with Crippen molar-refractivity contribution >= 4 is 56.4 Å². The molecular weight excluding hydrogens is 536 g/mol. The molecule has 0 fully saturated rings. The second kappa shape index (κ2) is 10.5. The lowest BCUT2D eigenvalue weighted by Gasteiger charge is -2.23. The number of rotatable bonds is 7. The summed E-state index contributed by atoms with van der Waals surface area (Å²) in [6.07, 6.45) is -4.79. The Morgan fingerprint density at radius 1 is 0.912 bits per heavy atom. The van der Waals surface area contributed by atoms with Crippen molar-refractivity contribution in [2.75, 3.05) is 11.9 Å². The number of amides is 1. The Labute approximate surface area is 209 Å². The van der Waals surface area contributed by atoms with Crippen LogP contribution in [0.3, 0.4) is 0 Å². The van der Waals surface area contributed by atoms with E-state index in [0.29, 0.717) is 16.7 Å². The van der Waals surface area contributed by atoms with Crippen LogP contribution in [-0.2, 0) is 27.5 Å². The third kappa shape index (κ3) is 6.43. The maximum absolute atomic E-state index is 13.4. The number of carbonyl (C=O) groups excluding carboxylic acids is 1. The summed E-state index contributed by atoms with van der Waals surface area (Å²) in [5.41, 5.74) is -1.36. The van der Waals surface area contributed by atoms with Crippen LogP contribution in [0.4, 0.5) is 18.9 Å². The zero-order valence-corrected chi connectivity index (χ0v) is 20.2. The van der Waals surface area contributed by atoms with Gasteiger partial charge in [0, 0.05) is 21.6 Å². The molecule has 0 aliphatic heterocycles. The number of alkyl halides is 3. The fourth-order valence-electron chi connectivity index (χ4n) is 3.02. The molecule has 12 heteroatoms. The van der Waals surface area contributed by atoms with Crippen LogP contribution in [-0.4, -0.2) is 25.2 Å². The summed E-state index contributed by atoms with van der Waals surface area (Å²) < 4.78 is 67.4. The zero-order valence-electron chi connectivity index (χ0n) is 17.1. The largest absolute Gasteiger partial charge is 0.418 e. The van der Waals surface area contributed by atoms with Crippen molar-refractivity contribution in [3.05, 3.63) is 92.9 Å². The Hall–Kier alpha value is -2.30. The molecule has 1 amide bonds. The predicted molar refractivity (Wildman–Crippen MR) is 126 cm³/mol. The van der Waals surface area contributed by atoms with E-state index in [2.05, 4.69) is 5.32 Å². The van der Waals surface area contributed by atoms with Gasteiger partial charge in [-0.15, -0.1) is 0 Å². The van der Waals surface area contributed by atoms with Crippen molar-refractivity contribution in [1.29, 1.82) is 0 Å². The fraction of sp³-hybridized carbons (Fsp3) is 0.136. The minimum atomic E-state index is -4.79. The van der Waals surface area contributed by atoms with E-state index >= 15 is 0 Å². The van der Waals surface area contributed by atoms with Crippen LogP contribution in [0.25, 0.3) is 0 Å². The highest BCUT2D eigenvalue weighted by Crippen LogP contribution is 2.36. The lowest BCUT2D eigenvalue weighted by Crippen LogP contribution is -2.38. The smallest absolute Gasteiger partial charge is 0.324 e. The van der Waals surface area contributed by atoms with Crippen molar-refractivity contribution in [2.45, 2.75) is 17.6 Å². The van der Waals surface area contributed by atoms with Gasteiger partial charge in [0.25, 0.3) is 0 Å². The van der Waals surface area contributed by atoms with Gasteiger partial charge in [0.2, 0.25) is 15.9 Å².